The number of anilines is 1. The number of aromatic nitrogens is 3. The average molecular weight is 469 g/mol. The van der Waals surface area contributed by atoms with E-state index >= 15 is 0 Å². The van der Waals surface area contributed by atoms with Crippen LogP contribution in [0, 0.1) is 0 Å². The summed E-state index contributed by atoms with van der Waals surface area (Å²) in [6, 6.07) is 21.3. The molecule has 0 bridgehead atoms. The van der Waals surface area contributed by atoms with Crippen LogP contribution in [0.3, 0.4) is 0 Å². The van der Waals surface area contributed by atoms with Crippen molar-refractivity contribution in [2.45, 2.75) is 17.3 Å². The summed E-state index contributed by atoms with van der Waals surface area (Å²) in [5.41, 5.74) is 2.82. The first-order valence-electron chi connectivity index (χ1n) is 10.7. The molecule has 1 aliphatic rings. The number of carbonyl (C=O) groups is 3. The minimum Gasteiger partial charge on any atom is -0.325 e. The van der Waals surface area contributed by atoms with Gasteiger partial charge < -0.3 is 9.88 Å². The van der Waals surface area contributed by atoms with Gasteiger partial charge in [0.15, 0.2) is 22.5 Å². The van der Waals surface area contributed by atoms with Gasteiger partial charge in [-0.1, -0.05) is 66.4 Å². The minimum atomic E-state index is -0.472. The smallest absolute Gasteiger partial charge is 0.237 e. The Bertz CT molecular complexity index is 1450. The summed E-state index contributed by atoms with van der Waals surface area (Å²) in [6.45, 7) is 1.78. The predicted molar refractivity (Wildman–Crippen MR) is 130 cm³/mol. The number of benzene rings is 3. The molecule has 0 radical (unpaired) electrons. The van der Waals surface area contributed by atoms with Gasteiger partial charge in [-0.2, -0.15) is 0 Å². The molecule has 1 unspecified atom stereocenters. The van der Waals surface area contributed by atoms with Crippen molar-refractivity contribution in [2.24, 2.45) is 7.05 Å². The standard InChI is InChI=1S/C26H20N4O3S/c1-15(34-26-29-28-24(30(26)2)16-8-4-3-5-9-16)25(33)27-17-12-13-20-21(14-17)23(32)19-11-7-6-10-18(19)22(20)31/h3-15H,1-2H3,(H,27,33). The molecule has 1 aliphatic carbocycles. The van der Waals surface area contributed by atoms with E-state index in [2.05, 4.69) is 15.5 Å². The Balaban J connectivity index is 1.32. The summed E-state index contributed by atoms with van der Waals surface area (Å²) in [7, 11) is 1.86. The lowest BCUT2D eigenvalue weighted by atomic mass is 9.84. The molecule has 5 rings (SSSR count). The zero-order valence-corrected chi connectivity index (χ0v) is 19.3. The minimum absolute atomic E-state index is 0.191. The Morgan fingerprint density at radius 3 is 2.18 bits per heavy atom. The topological polar surface area (TPSA) is 93.9 Å². The maximum atomic E-state index is 12.9. The molecule has 0 saturated heterocycles. The lowest BCUT2D eigenvalue weighted by molar-refractivity contribution is -0.115. The fourth-order valence-electron chi connectivity index (χ4n) is 3.89. The average Bonchev–Trinajstić information content (AvgIpc) is 3.22. The van der Waals surface area contributed by atoms with Crippen LogP contribution in [-0.2, 0) is 11.8 Å². The van der Waals surface area contributed by atoms with Gasteiger partial charge >= 0.3 is 0 Å². The first-order chi connectivity index (χ1) is 16.4. The molecular formula is C26H20N4O3S. The lowest BCUT2D eigenvalue weighted by Gasteiger charge is -2.18. The zero-order chi connectivity index (χ0) is 23.8. The molecule has 1 heterocycles. The van der Waals surface area contributed by atoms with Crippen LogP contribution in [0.5, 0.6) is 0 Å². The molecular weight excluding hydrogens is 448 g/mol. The summed E-state index contributed by atoms with van der Waals surface area (Å²) in [4.78, 5) is 38.6. The van der Waals surface area contributed by atoms with Gasteiger partial charge in [-0.3, -0.25) is 14.4 Å². The molecule has 0 fully saturated rings. The van der Waals surface area contributed by atoms with Gasteiger partial charge in [-0.15, -0.1) is 10.2 Å². The van der Waals surface area contributed by atoms with E-state index in [1.807, 2.05) is 41.9 Å². The van der Waals surface area contributed by atoms with Gasteiger partial charge in [0.25, 0.3) is 0 Å². The molecule has 1 aromatic heterocycles. The second-order valence-electron chi connectivity index (χ2n) is 7.94. The highest BCUT2D eigenvalue weighted by atomic mass is 32.2. The van der Waals surface area contributed by atoms with E-state index in [0.717, 1.165) is 5.56 Å². The van der Waals surface area contributed by atoms with E-state index < -0.39 is 5.25 Å². The second-order valence-corrected chi connectivity index (χ2v) is 9.25. The molecule has 1 amide bonds. The van der Waals surface area contributed by atoms with E-state index in [9.17, 15) is 14.4 Å². The number of fused-ring (bicyclic) bond motifs is 2. The van der Waals surface area contributed by atoms with Gasteiger partial charge in [-0.25, -0.2) is 0 Å². The van der Waals surface area contributed by atoms with Crippen molar-refractivity contribution < 1.29 is 14.4 Å². The second kappa shape index (κ2) is 8.72. The van der Waals surface area contributed by atoms with Crippen molar-refractivity contribution in [1.29, 1.82) is 0 Å². The zero-order valence-electron chi connectivity index (χ0n) is 18.5. The van der Waals surface area contributed by atoms with Gasteiger partial charge in [-0.05, 0) is 25.1 Å². The van der Waals surface area contributed by atoms with Crippen LogP contribution in [0.25, 0.3) is 11.4 Å². The fourth-order valence-corrected chi connectivity index (χ4v) is 4.70. The molecule has 0 spiro atoms. The summed E-state index contributed by atoms with van der Waals surface area (Å²) >= 11 is 1.29. The summed E-state index contributed by atoms with van der Waals surface area (Å²) in [5.74, 6) is 0.0535. The van der Waals surface area contributed by atoms with E-state index in [0.29, 0.717) is 38.9 Å². The van der Waals surface area contributed by atoms with E-state index in [1.54, 1.807) is 49.4 Å². The molecule has 4 aromatic rings. The Morgan fingerprint density at radius 1 is 0.853 bits per heavy atom. The van der Waals surface area contributed by atoms with Gasteiger partial charge in [0.05, 0.1) is 5.25 Å². The predicted octanol–water partition coefficient (Wildman–Crippen LogP) is 4.38. The third-order valence-electron chi connectivity index (χ3n) is 5.71. The maximum Gasteiger partial charge on any atom is 0.237 e. The molecule has 3 aromatic carbocycles. The van der Waals surface area contributed by atoms with E-state index in [-0.39, 0.29) is 17.5 Å². The lowest BCUT2D eigenvalue weighted by Crippen LogP contribution is -2.24. The van der Waals surface area contributed by atoms with Crippen LogP contribution in [-0.4, -0.2) is 37.5 Å². The first-order valence-corrected chi connectivity index (χ1v) is 11.6. The highest BCUT2D eigenvalue weighted by Gasteiger charge is 2.29. The Kier molecular flexibility index (Phi) is 5.59. The normalized spacial score (nSPS) is 13.2. The van der Waals surface area contributed by atoms with Crippen LogP contribution >= 0.6 is 11.8 Å². The molecule has 7 nitrogen and oxygen atoms in total. The molecule has 1 N–H and O–H groups in total. The van der Waals surface area contributed by atoms with Gasteiger partial charge in [0, 0.05) is 40.6 Å². The molecule has 0 aliphatic heterocycles. The number of thioether (sulfide) groups is 1. The Labute approximate surface area is 200 Å². The van der Waals surface area contributed by atoms with Crippen LogP contribution in [0.2, 0.25) is 0 Å². The number of rotatable bonds is 5. The third kappa shape index (κ3) is 3.82. The van der Waals surface area contributed by atoms with Crippen molar-refractivity contribution in [3.8, 4) is 11.4 Å². The monoisotopic (exact) mass is 468 g/mol. The van der Waals surface area contributed by atoms with Crippen LogP contribution in [0.15, 0.2) is 78.0 Å². The highest BCUT2D eigenvalue weighted by molar-refractivity contribution is 8.00. The number of carbonyl (C=O) groups excluding carboxylic acids is 3. The summed E-state index contributed by atoms with van der Waals surface area (Å²) in [5, 5.41) is 11.5. The van der Waals surface area contributed by atoms with Gasteiger partial charge in [0.1, 0.15) is 0 Å². The van der Waals surface area contributed by atoms with Crippen LogP contribution < -0.4 is 5.32 Å². The first kappa shape index (κ1) is 21.8. The van der Waals surface area contributed by atoms with Crippen LogP contribution in [0.1, 0.15) is 38.8 Å². The van der Waals surface area contributed by atoms with Crippen molar-refractivity contribution in [2.75, 3.05) is 5.32 Å². The summed E-state index contributed by atoms with van der Waals surface area (Å²) < 4.78 is 1.85. The Morgan fingerprint density at radius 2 is 1.47 bits per heavy atom. The number of hydrogen-bond donors (Lipinski definition) is 1. The molecule has 1 atom stereocenters. The number of amides is 1. The number of hydrogen-bond acceptors (Lipinski definition) is 6. The largest absolute Gasteiger partial charge is 0.325 e. The SMILES string of the molecule is CC(Sc1nnc(-c2ccccc2)n1C)C(=O)Nc1ccc2c(c1)C(=O)c1ccccc1C2=O. The number of nitrogens with zero attached hydrogens (tertiary/aromatic N) is 3. The highest BCUT2D eigenvalue weighted by Crippen LogP contribution is 2.30. The molecule has 8 heteroatoms. The molecule has 34 heavy (non-hydrogen) atoms. The van der Waals surface area contributed by atoms with E-state index in [1.165, 1.54) is 11.8 Å². The van der Waals surface area contributed by atoms with Crippen molar-refractivity contribution in [1.82, 2.24) is 14.8 Å². The van der Waals surface area contributed by atoms with Crippen molar-refractivity contribution in [3.63, 3.8) is 0 Å². The van der Waals surface area contributed by atoms with Crippen LogP contribution in [0.4, 0.5) is 5.69 Å². The van der Waals surface area contributed by atoms with Gasteiger partial charge in [0.2, 0.25) is 5.91 Å². The number of ketones is 2. The fraction of sp³-hybridized carbons (Fsp3) is 0.115. The van der Waals surface area contributed by atoms with Crippen molar-refractivity contribution >= 4 is 34.9 Å². The third-order valence-corrected chi connectivity index (χ3v) is 6.84. The number of nitrogens with one attached hydrogen (secondary N) is 1. The maximum absolute atomic E-state index is 12.9. The quantitative estimate of drug-likeness (QED) is 0.385. The Hall–Kier alpha value is -4.04. The summed E-state index contributed by atoms with van der Waals surface area (Å²) in [6.07, 6.45) is 0. The van der Waals surface area contributed by atoms with Crippen molar-refractivity contribution in [3.05, 3.63) is 95.1 Å². The van der Waals surface area contributed by atoms with E-state index in [4.69, 9.17) is 0 Å². The molecule has 168 valence electrons. The molecule has 0 saturated carbocycles.